The predicted octanol–water partition coefficient (Wildman–Crippen LogP) is 3.73. The van der Waals surface area contributed by atoms with Crippen molar-refractivity contribution in [3.63, 3.8) is 0 Å². The molecule has 0 saturated carbocycles. The van der Waals surface area contributed by atoms with Gasteiger partial charge in [-0.25, -0.2) is 4.79 Å². The molecule has 0 radical (unpaired) electrons. The molecule has 0 saturated heterocycles. The lowest BCUT2D eigenvalue weighted by Crippen LogP contribution is -2.47. The van der Waals surface area contributed by atoms with Gasteiger partial charge >= 0.3 is 5.97 Å². The summed E-state index contributed by atoms with van der Waals surface area (Å²) < 4.78 is 5.26. The van der Waals surface area contributed by atoms with Gasteiger partial charge in [0.05, 0.1) is 4.88 Å². The first-order valence-corrected chi connectivity index (χ1v) is 9.65. The van der Waals surface area contributed by atoms with E-state index in [-0.39, 0.29) is 11.8 Å². The Morgan fingerprint density at radius 3 is 2.30 bits per heavy atom. The number of nitrogens with one attached hydrogen (secondary N) is 2. The lowest BCUT2D eigenvalue weighted by molar-refractivity contribution is -0.156. The molecule has 2 aromatic rings. The molecule has 0 unspecified atom stereocenters. The summed E-state index contributed by atoms with van der Waals surface area (Å²) in [7, 11) is 0. The van der Waals surface area contributed by atoms with Crippen LogP contribution in [0.4, 0.5) is 5.69 Å². The minimum Gasteiger partial charge on any atom is -0.451 e. The number of amides is 2. The maximum Gasteiger partial charge on any atom is 0.329 e. The molecule has 2 N–H and O–H groups in total. The average molecular weight is 409 g/mol. The molecule has 144 valence electrons. The number of esters is 1. The van der Waals surface area contributed by atoms with Crippen molar-refractivity contribution in [3.05, 3.63) is 51.7 Å². The summed E-state index contributed by atoms with van der Waals surface area (Å²) in [5.74, 6) is -1.68. The van der Waals surface area contributed by atoms with Gasteiger partial charge in [0, 0.05) is 10.7 Å². The zero-order chi connectivity index (χ0) is 20.0. The number of hydrogen-bond acceptors (Lipinski definition) is 5. The third-order valence-electron chi connectivity index (χ3n) is 3.73. The maximum atomic E-state index is 12.5. The lowest BCUT2D eigenvalue weighted by Gasteiger charge is -2.22. The summed E-state index contributed by atoms with van der Waals surface area (Å²) >= 11 is 7.09. The van der Waals surface area contributed by atoms with Crippen LogP contribution in [0, 0.1) is 5.92 Å². The highest BCUT2D eigenvalue weighted by molar-refractivity contribution is 7.12. The normalized spacial score (nSPS) is 12.9. The number of carbonyl (C=O) groups is 3. The van der Waals surface area contributed by atoms with Gasteiger partial charge in [-0.3, -0.25) is 9.59 Å². The molecule has 2 atom stereocenters. The molecule has 1 aromatic heterocycles. The second-order valence-corrected chi connectivity index (χ2v) is 7.63. The van der Waals surface area contributed by atoms with E-state index in [4.69, 9.17) is 16.3 Å². The fraction of sp³-hybridized carbons (Fsp3) is 0.316. The van der Waals surface area contributed by atoms with Gasteiger partial charge in [-0.15, -0.1) is 11.3 Å². The molecule has 27 heavy (non-hydrogen) atoms. The minimum atomic E-state index is -1.02. The number of benzene rings is 1. The Labute approximate surface area is 166 Å². The van der Waals surface area contributed by atoms with Crippen molar-refractivity contribution in [3.8, 4) is 0 Å². The summed E-state index contributed by atoms with van der Waals surface area (Å²) in [5, 5.41) is 7.64. The van der Waals surface area contributed by atoms with Gasteiger partial charge in [0.25, 0.3) is 11.8 Å². The van der Waals surface area contributed by atoms with E-state index in [0.29, 0.717) is 15.6 Å². The van der Waals surface area contributed by atoms with Gasteiger partial charge in [-0.1, -0.05) is 31.5 Å². The largest absolute Gasteiger partial charge is 0.451 e. The summed E-state index contributed by atoms with van der Waals surface area (Å²) in [6.07, 6.45) is -1.02. The fourth-order valence-electron chi connectivity index (χ4n) is 2.20. The van der Waals surface area contributed by atoms with Crippen LogP contribution in [-0.2, 0) is 14.3 Å². The van der Waals surface area contributed by atoms with Crippen LogP contribution in [0.5, 0.6) is 0 Å². The molecule has 2 amide bonds. The molecule has 8 heteroatoms. The van der Waals surface area contributed by atoms with Gasteiger partial charge in [0.1, 0.15) is 6.04 Å². The molecule has 6 nitrogen and oxygen atoms in total. The Balaban J connectivity index is 1.95. The number of rotatable bonds is 7. The summed E-state index contributed by atoms with van der Waals surface area (Å²) in [6, 6.07) is 9.15. The highest BCUT2D eigenvalue weighted by atomic mass is 35.5. The maximum absolute atomic E-state index is 12.5. The predicted molar refractivity (Wildman–Crippen MR) is 106 cm³/mol. The molecule has 0 spiro atoms. The van der Waals surface area contributed by atoms with Crippen LogP contribution in [0.1, 0.15) is 30.4 Å². The van der Waals surface area contributed by atoms with E-state index in [9.17, 15) is 14.4 Å². The van der Waals surface area contributed by atoms with Gasteiger partial charge in [-0.2, -0.15) is 0 Å². The monoisotopic (exact) mass is 408 g/mol. The number of hydrogen-bond donors (Lipinski definition) is 2. The topological polar surface area (TPSA) is 84.5 Å². The highest BCUT2D eigenvalue weighted by Crippen LogP contribution is 2.15. The van der Waals surface area contributed by atoms with Crippen LogP contribution in [0.2, 0.25) is 5.02 Å². The molecule has 0 aliphatic heterocycles. The number of halogens is 1. The molecule has 0 aliphatic rings. The van der Waals surface area contributed by atoms with E-state index in [0.717, 1.165) is 0 Å². The van der Waals surface area contributed by atoms with Crippen LogP contribution in [-0.4, -0.2) is 29.9 Å². The second-order valence-electron chi connectivity index (χ2n) is 6.25. The van der Waals surface area contributed by atoms with E-state index >= 15 is 0 Å². The molecule has 1 heterocycles. The second kappa shape index (κ2) is 9.53. The summed E-state index contributed by atoms with van der Waals surface area (Å²) in [4.78, 5) is 37.4. The van der Waals surface area contributed by atoms with E-state index in [1.54, 1.807) is 55.6 Å². The van der Waals surface area contributed by atoms with Gasteiger partial charge in [0.2, 0.25) is 0 Å². The van der Waals surface area contributed by atoms with Crippen molar-refractivity contribution in [2.24, 2.45) is 5.92 Å². The van der Waals surface area contributed by atoms with Crippen molar-refractivity contribution >= 4 is 46.4 Å². The Hall–Kier alpha value is -2.38. The Morgan fingerprint density at radius 2 is 1.74 bits per heavy atom. The van der Waals surface area contributed by atoms with Crippen molar-refractivity contribution in [1.29, 1.82) is 0 Å². The Morgan fingerprint density at radius 1 is 1.07 bits per heavy atom. The molecule has 1 aromatic carbocycles. The number of ether oxygens (including phenoxy) is 1. The molecular formula is C19H21ClN2O4S. The Kier molecular flexibility index (Phi) is 7.38. The average Bonchev–Trinajstić information content (AvgIpc) is 3.15. The van der Waals surface area contributed by atoms with Gasteiger partial charge in [0.15, 0.2) is 6.10 Å². The molecule has 0 aliphatic carbocycles. The Bertz CT molecular complexity index is 791. The number of anilines is 1. The lowest BCUT2D eigenvalue weighted by atomic mass is 10.0. The van der Waals surface area contributed by atoms with E-state index in [2.05, 4.69) is 10.6 Å². The third kappa shape index (κ3) is 6.08. The zero-order valence-electron chi connectivity index (χ0n) is 15.2. The molecule has 0 bridgehead atoms. The molecular weight excluding hydrogens is 388 g/mol. The van der Waals surface area contributed by atoms with Gasteiger partial charge < -0.3 is 15.4 Å². The molecule has 0 fully saturated rings. The standard InChI is InChI=1S/C19H21ClN2O4S/c1-11(2)16(22-18(24)15-5-4-10-27-15)19(25)26-12(3)17(23)21-14-8-6-13(20)7-9-14/h4-12,16H,1-3H3,(H,21,23)(H,22,24)/t12-,16-/m0/s1. The first-order chi connectivity index (χ1) is 12.8. The van der Waals surface area contributed by atoms with Crippen LogP contribution in [0.15, 0.2) is 41.8 Å². The van der Waals surface area contributed by atoms with Crippen LogP contribution in [0.3, 0.4) is 0 Å². The van der Waals surface area contributed by atoms with Crippen LogP contribution < -0.4 is 10.6 Å². The van der Waals surface area contributed by atoms with Crippen LogP contribution >= 0.6 is 22.9 Å². The fourth-order valence-corrected chi connectivity index (χ4v) is 2.95. The highest BCUT2D eigenvalue weighted by Gasteiger charge is 2.29. The van der Waals surface area contributed by atoms with Crippen molar-refractivity contribution < 1.29 is 19.1 Å². The quantitative estimate of drug-likeness (QED) is 0.683. The van der Waals surface area contributed by atoms with Gasteiger partial charge in [-0.05, 0) is 48.6 Å². The minimum absolute atomic E-state index is 0.201. The summed E-state index contributed by atoms with van der Waals surface area (Å²) in [5.41, 5.74) is 0.540. The van der Waals surface area contributed by atoms with Crippen molar-refractivity contribution in [1.82, 2.24) is 5.32 Å². The first-order valence-electron chi connectivity index (χ1n) is 8.39. The zero-order valence-corrected chi connectivity index (χ0v) is 16.8. The van der Waals surface area contributed by atoms with Crippen molar-refractivity contribution in [2.45, 2.75) is 32.9 Å². The van der Waals surface area contributed by atoms with E-state index in [1.807, 2.05) is 0 Å². The number of carbonyl (C=O) groups excluding carboxylic acids is 3. The third-order valence-corrected chi connectivity index (χ3v) is 4.85. The smallest absolute Gasteiger partial charge is 0.329 e. The van der Waals surface area contributed by atoms with E-state index in [1.165, 1.54) is 18.3 Å². The van der Waals surface area contributed by atoms with Crippen molar-refractivity contribution in [2.75, 3.05) is 5.32 Å². The number of thiophene rings is 1. The summed E-state index contributed by atoms with van der Waals surface area (Å²) in [6.45, 7) is 5.06. The van der Waals surface area contributed by atoms with Crippen LogP contribution in [0.25, 0.3) is 0 Å². The SMILES string of the molecule is CC(C)[C@H](NC(=O)c1cccs1)C(=O)O[C@@H](C)C(=O)Nc1ccc(Cl)cc1. The molecule has 2 rings (SSSR count). The van der Waals surface area contributed by atoms with E-state index < -0.39 is 24.0 Å². The first kappa shape index (κ1) is 20.9.